The molecule has 0 aliphatic heterocycles. The van der Waals surface area contributed by atoms with Crippen LogP contribution in [0.15, 0.2) is 18.2 Å². The fraction of sp³-hybridized carbons (Fsp3) is 0.400. The van der Waals surface area contributed by atoms with E-state index in [2.05, 4.69) is 4.72 Å². The number of nitrogens with two attached hydrogens (primary N) is 1. The molecule has 0 bridgehead atoms. The standard InChI is InChI=1S/C10H16N2O3S/c1-3-16(13,14)12-10-8(7-11)5-4-6-9(10)15-2/h4-6,12H,3,7,11H2,1-2H3. The molecule has 0 aliphatic rings. The van der Waals surface area contributed by atoms with Crippen LogP contribution < -0.4 is 15.2 Å². The Morgan fingerprint density at radius 1 is 1.44 bits per heavy atom. The molecule has 16 heavy (non-hydrogen) atoms. The first-order valence-electron chi connectivity index (χ1n) is 4.90. The number of sulfonamides is 1. The SMILES string of the molecule is CCS(=O)(=O)Nc1c(CN)cccc1OC. The topological polar surface area (TPSA) is 81.4 Å². The molecular weight excluding hydrogens is 228 g/mol. The number of nitrogens with one attached hydrogen (secondary N) is 1. The molecule has 0 aromatic heterocycles. The van der Waals surface area contributed by atoms with Crippen LogP contribution in [0.1, 0.15) is 12.5 Å². The van der Waals surface area contributed by atoms with E-state index in [-0.39, 0.29) is 12.3 Å². The van der Waals surface area contributed by atoms with Gasteiger partial charge in [-0.15, -0.1) is 0 Å². The maximum absolute atomic E-state index is 11.5. The molecule has 5 nitrogen and oxygen atoms in total. The average Bonchev–Trinajstić information content (AvgIpc) is 2.29. The van der Waals surface area contributed by atoms with Gasteiger partial charge in [0.15, 0.2) is 0 Å². The maximum Gasteiger partial charge on any atom is 0.232 e. The lowest BCUT2D eigenvalue weighted by atomic mass is 10.1. The van der Waals surface area contributed by atoms with E-state index >= 15 is 0 Å². The van der Waals surface area contributed by atoms with Gasteiger partial charge in [0, 0.05) is 6.54 Å². The van der Waals surface area contributed by atoms with Gasteiger partial charge in [-0.2, -0.15) is 0 Å². The Kier molecular flexibility index (Phi) is 4.14. The maximum atomic E-state index is 11.5. The van der Waals surface area contributed by atoms with Crippen LogP contribution in [0.25, 0.3) is 0 Å². The monoisotopic (exact) mass is 244 g/mol. The molecule has 3 N–H and O–H groups in total. The Labute approximate surface area is 95.7 Å². The summed E-state index contributed by atoms with van der Waals surface area (Å²) in [5.74, 6) is 0.481. The number of ether oxygens (including phenoxy) is 1. The summed E-state index contributed by atoms with van der Waals surface area (Å²) < 4.78 is 30.6. The Morgan fingerprint density at radius 3 is 2.62 bits per heavy atom. The predicted molar refractivity (Wildman–Crippen MR) is 64.0 cm³/mol. The van der Waals surface area contributed by atoms with Gasteiger partial charge in [0.2, 0.25) is 10.0 Å². The highest BCUT2D eigenvalue weighted by Gasteiger charge is 2.14. The lowest BCUT2D eigenvalue weighted by molar-refractivity contribution is 0.416. The van der Waals surface area contributed by atoms with Crippen molar-refractivity contribution in [2.75, 3.05) is 17.6 Å². The second kappa shape index (κ2) is 5.18. The zero-order valence-electron chi connectivity index (χ0n) is 9.36. The van der Waals surface area contributed by atoms with Crippen LogP contribution in [0.2, 0.25) is 0 Å². The van der Waals surface area contributed by atoms with Gasteiger partial charge in [-0.25, -0.2) is 8.42 Å². The fourth-order valence-electron chi connectivity index (χ4n) is 1.26. The second-order valence-corrected chi connectivity index (χ2v) is 5.21. The van der Waals surface area contributed by atoms with Gasteiger partial charge in [-0.3, -0.25) is 4.72 Å². The van der Waals surface area contributed by atoms with Gasteiger partial charge in [0.05, 0.1) is 18.6 Å². The van der Waals surface area contributed by atoms with E-state index in [1.165, 1.54) is 7.11 Å². The molecule has 1 aromatic rings. The molecule has 6 heteroatoms. The zero-order valence-corrected chi connectivity index (χ0v) is 10.2. The van der Waals surface area contributed by atoms with Gasteiger partial charge < -0.3 is 10.5 Å². The molecule has 0 unspecified atom stereocenters. The molecule has 0 aliphatic carbocycles. The molecule has 0 saturated heterocycles. The van der Waals surface area contributed by atoms with Crippen LogP contribution in [0.3, 0.4) is 0 Å². The van der Waals surface area contributed by atoms with E-state index in [1.54, 1.807) is 25.1 Å². The second-order valence-electron chi connectivity index (χ2n) is 3.20. The van der Waals surface area contributed by atoms with Gasteiger partial charge in [0.1, 0.15) is 5.75 Å². The number of methoxy groups -OCH3 is 1. The van der Waals surface area contributed by atoms with Crippen molar-refractivity contribution in [3.63, 3.8) is 0 Å². The lowest BCUT2D eigenvalue weighted by Gasteiger charge is -2.14. The molecule has 0 radical (unpaired) electrons. The fourth-order valence-corrected chi connectivity index (χ4v) is 1.95. The summed E-state index contributed by atoms with van der Waals surface area (Å²) in [6.45, 7) is 1.82. The lowest BCUT2D eigenvalue weighted by Crippen LogP contribution is -2.17. The molecule has 0 atom stereocenters. The number of anilines is 1. The number of hydrogen-bond donors (Lipinski definition) is 2. The van der Waals surface area contributed by atoms with Crippen molar-refractivity contribution in [2.24, 2.45) is 5.73 Å². The van der Waals surface area contributed by atoms with E-state index in [0.29, 0.717) is 17.0 Å². The highest BCUT2D eigenvalue weighted by Crippen LogP contribution is 2.28. The van der Waals surface area contributed by atoms with Crippen molar-refractivity contribution in [2.45, 2.75) is 13.5 Å². The molecule has 0 fully saturated rings. The summed E-state index contributed by atoms with van der Waals surface area (Å²) in [7, 11) is -1.84. The van der Waals surface area contributed by atoms with Crippen molar-refractivity contribution in [1.82, 2.24) is 0 Å². The largest absolute Gasteiger partial charge is 0.495 e. The molecule has 0 amide bonds. The van der Waals surface area contributed by atoms with Crippen LogP contribution in [0, 0.1) is 0 Å². The van der Waals surface area contributed by atoms with Gasteiger partial charge in [-0.1, -0.05) is 12.1 Å². The Balaban J connectivity index is 3.19. The van der Waals surface area contributed by atoms with Crippen molar-refractivity contribution in [3.8, 4) is 5.75 Å². The number of rotatable bonds is 5. The van der Waals surface area contributed by atoms with Crippen LogP contribution in [0.4, 0.5) is 5.69 Å². The smallest absolute Gasteiger partial charge is 0.232 e. The third-order valence-electron chi connectivity index (χ3n) is 2.19. The number of hydrogen-bond acceptors (Lipinski definition) is 4. The summed E-state index contributed by atoms with van der Waals surface area (Å²) in [4.78, 5) is 0. The summed E-state index contributed by atoms with van der Waals surface area (Å²) >= 11 is 0. The van der Waals surface area contributed by atoms with E-state index in [9.17, 15) is 8.42 Å². The van der Waals surface area contributed by atoms with E-state index in [1.807, 2.05) is 0 Å². The third kappa shape index (κ3) is 2.86. The molecular formula is C10H16N2O3S. The summed E-state index contributed by atoms with van der Waals surface area (Å²) in [6.07, 6.45) is 0. The minimum Gasteiger partial charge on any atom is -0.495 e. The van der Waals surface area contributed by atoms with E-state index in [0.717, 1.165) is 0 Å². The van der Waals surface area contributed by atoms with Gasteiger partial charge >= 0.3 is 0 Å². The molecule has 90 valence electrons. The molecule has 1 aromatic carbocycles. The molecule has 0 heterocycles. The first-order valence-corrected chi connectivity index (χ1v) is 6.55. The van der Waals surface area contributed by atoms with Crippen LogP contribution in [-0.2, 0) is 16.6 Å². The Hall–Kier alpha value is -1.27. The molecule has 1 rings (SSSR count). The highest BCUT2D eigenvalue weighted by atomic mass is 32.2. The first kappa shape index (κ1) is 12.8. The van der Waals surface area contributed by atoms with Crippen molar-refractivity contribution in [3.05, 3.63) is 23.8 Å². The Bertz CT molecular complexity index is 435. The highest BCUT2D eigenvalue weighted by molar-refractivity contribution is 7.92. The van der Waals surface area contributed by atoms with Crippen molar-refractivity contribution in [1.29, 1.82) is 0 Å². The van der Waals surface area contributed by atoms with Crippen molar-refractivity contribution >= 4 is 15.7 Å². The van der Waals surface area contributed by atoms with Crippen molar-refractivity contribution < 1.29 is 13.2 Å². The minimum absolute atomic E-state index is 0.00899. The minimum atomic E-state index is -3.32. The zero-order chi connectivity index (χ0) is 12.2. The van der Waals surface area contributed by atoms with E-state index < -0.39 is 10.0 Å². The van der Waals surface area contributed by atoms with Crippen LogP contribution in [0.5, 0.6) is 5.75 Å². The Morgan fingerprint density at radius 2 is 2.12 bits per heavy atom. The molecule has 0 spiro atoms. The number of benzene rings is 1. The number of para-hydroxylation sites is 1. The van der Waals surface area contributed by atoms with Gasteiger partial charge in [0.25, 0.3) is 0 Å². The van der Waals surface area contributed by atoms with E-state index in [4.69, 9.17) is 10.5 Å². The summed E-state index contributed by atoms with van der Waals surface area (Å²) in [6, 6.07) is 5.22. The quantitative estimate of drug-likeness (QED) is 0.806. The normalized spacial score (nSPS) is 11.2. The summed E-state index contributed by atoms with van der Waals surface area (Å²) in [5, 5.41) is 0. The predicted octanol–water partition coefficient (Wildman–Crippen LogP) is 0.915. The third-order valence-corrected chi connectivity index (χ3v) is 3.47. The van der Waals surface area contributed by atoms with Crippen LogP contribution in [-0.4, -0.2) is 21.3 Å². The van der Waals surface area contributed by atoms with Crippen LogP contribution >= 0.6 is 0 Å². The van der Waals surface area contributed by atoms with Gasteiger partial charge in [-0.05, 0) is 18.6 Å². The molecule has 0 saturated carbocycles. The first-order chi connectivity index (χ1) is 7.54. The summed E-state index contributed by atoms with van der Waals surface area (Å²) in [5.41, 5.74) is 6.67. The average molecular weight is 244 g/mol.